The minimum atomic E-state index is -0.249. The number of anilines is 1. The first-order valence-corrected chi connectivity index (χ1v) is 11.7. The molecule has 2 fully saturated rings. The normalized spacial score (nSPS) is 18.0. The first kappa shape index (κ1) is 19.6. The number of piperidine rings is 1. The molecule has 0 amide bonds. The molecule has 0 unspecified atom stereocenters. The molecule has 2 N–H and O–H groups in total. The van der Waals surface area contributed by atoms with Crippen LogP contribution in [0, 0.1) is 5.82 Å². The van der Waals surface area contributed by atoms with Gasteiger partial charge in [-0.3, -0.25) is 0 Å². The third-order valence-electron chi connectivity index (χ3n) is 6.01. The summed E-state index contributed by atoms with van der Waals surface area (Å²) in [7, 11) is 0. The van der Waals surface area contributed by atoms with Crippen molar-refractivity contribution < 1.29 is 4.39 Å². The van der Waals surface area contributed by atoms with Gasteiger partial charge < -0.3 is 10.6 Å². The van der Waals surface area contributed by atoms with Gasteiger partial charge in [0.25, 0.3) is 0 Å². The van der Waals surface area contributed by atoms with Gasteiger partial charge in [-0.1, -0.05) is 25.0 Å². The van der Waals surface area contributed by atoms with Crippen LogP contribution in [0.15, 0.2) is 36.5 Å². The molecule has 3 aromatic rings. The number of hydrogen-bond donors (Lipinski definition) is 2. The molecule has 5 nitrogen and oxygen atoms in total. The average Bonchev–Trinajstić information content (AvgIpc) is 3.45. The van der Waals surface area contributed by atoms with Gasteiger partial charge in [0, 0.05) is 23.7 Å². The lowest BCUT2D eigenvalue weighted by atomic mass is 9.99. The molecule has 0 atom stereocenters. The van der Waals surface area contributed by atoms with Crippen LogP contribution in [-0.2, 0) is 0 Å². The van der Waals surface area contributed by atoms with Crippen LogP contribution in [0.25, 0.3) is 21.8 Å². The number of rotatable bonds is 5. The number of nitrogens with one attached hydrogen (secondary N) is 2. The Balaban J connectivity index is 1.53. The molecule has 7 heteroatoms. The van der Waals surface area contributed by atoms with E-state index in [1.54, 1.807) is 29.7 Å². The fourth-order valence-electron chi connectivity index (χ4n) is 4.39. The lowest BCUT2D eigenvalue weighted by molar-refractivity contribution is 0.459. The summed E-state index contributed by atoms with van der Waals surface area (Å²) in [6, 6.07) is 9.08. The molecule has 1 saturated heterocycles. The van der Waals surface area contributed by atoms with E-state index in [2.05, 4.69) is 15.6 Å². The van der Waals surface area contributed by atoms with Gasteiger partial charge in [0.15, 0.2) is 0 Å². The molecule has 2 aliphatic rings. The van der Waals surface area contributed by atoms with Crippen LogP contribution in [0.4, 0.5) is 10.3 Å². The first-order chi connectivity index (χ1) is 14.8. The third-order valence-corrected chi connectivity index (χ3v) is 7.25. The van der Waals surface area contributed by atoms with E-state index in [1.165, 1.54) is 31.7 Å². The van der Waals surface area contributed by atoms with Gasteiger partial charge in [0.2, 0.25) is 5.95 Å². The summed E-state index contributed by atoms with van der Waals surface area (Å²) in [5.74, 6) is 0.859. The molecule has 30 heavy (non-hydrogen) atoms. The number of halogens is 1. The smallest absolute Gasteiger partial charge is 0.223 e. The van der Waals surface area contributed by atoms with Gasteiger partial charge in [-0.15, -0.1) is 11.3 Å². The summed E-state index contributed by atoms with van der Waals surface area (Å²) in [5, 5.41) is 8.02. The van der Waals surface area contributed by atoms with Crippen LogP contribution in [0.1, 0.15) is 49.5 Å². The molecule has 156 valence electrons. The molecule has 0 bridgehead atoms. The summed E-state index contributed by atoms with van der Waals surface area (Å²) in [6.07, 6.45) is 8.82. The van der Waals surface area contributed by atoms with Gasteiger partial charge in [-0.2, -0.15) is 0 Å². The molecule has 1 aromatic carbocycles. The summed E-state index contributed by atoms with van der Waals surface area (Å²) >= 11 is 1.69. The van der Waals surface area contributed by atoms with Crippen molar-refractivity contribution in [1.82, 2.24) is 20.3 Å². The van der Waals surface area contributed by atoms with Crippen LogP contribution < -0.4 is 10.6 Å². The van der Waals surface area contributed by atoms with Crippen molar-refractivity contribution in [2.45, 2.75) is 50.5 Å². The van der Waals surface area contributed by atoms with Gasteiger partial charge >= 0.3 is 0 Å². The van der Waals surface area contributed by atoms with Crippen molar-refractivity contribution >= 4 is 17.3 Å². The van der Waals surface area contributed by atoms with E-state index in [1.807, 2.05) is 12.1 Å². The van der Waals surface area contributed by atoms with Gasteiger partial charge in [-0.25, -0.2) is 19.3 Å². The monoisotopic (exact) mass is 423 g/mol. The van der Waals surface area contributed by atoms with E-state index in [0.29, 0.717) is 17.9 Å². The van der Waals surface area contributed by atoms with Crippen LogP contribution in [-0.4, -0.2) is 34.1 Å². The summed E-state index contributed by atoms with van der Waals surface area (Å²) in [4.78, 5) is 15.2. The van der Waals surface area contributed by atoms with Crippen molar-refractivity contribution in [2.24, 2.45) is 0 Å². The number of aromatic nitrogens is 3. The summed E-state index contributed by atoms with van der Waals surface area (Å²) in [6.45, 7) is 2.02. The molecule has 1 aliphatic heterocycles. The standard InChI is InChI=1S/C23H26FN5S/c24-17-5-3-4-16(14-17)20-21(30-22(29-20)15-8-11-25-12-9-15)19-10-13-26-23(28-19)27-18-6-1-2-7-18/h3-5,10,13-15,18,25H,1-2,6-9,11-12H2,(H,26,27,28). The number of hydrogen-bond acceptors (Lipinski definition) is 6. The average molecular weight is 424 g/mol. The number of nitrogens with zero attached hydrogens (tertiary/aromatic N) is 3. The SMILES string of the molecule is Fc1cccc(-c2nc(C3CCNCC3)sc2-c2ccnc(NC3CCCC3)n2)c1. The molecule has 1 aliphatic carbocycles. The Morgan fingerprint density at radius 3 is 2.67 bits per heavy atom. The second kappa shape index (κ2) is 8.78. The zero-order chi connectivity index (χ0) is 20.3. The molecule has 1 saturated carbocycles. The lowest BCUT2D eigenvalue weighted by Gasteiger charge is -2.20. The summed E-state index contributed by atoms with van der Waals surface area (Å²) in [5.41, 5.74) is 2.46. The highest BCUT2D eigenvalue weighted by Crippen LogP contribution is 2.40. The Hall–Kier alpha value is -2.38. The Bertz CT molecular complexity index is 1010. The van der Waals surface area contributed by atoms with Gasteiger partial charge in [0.1, 0.15) is 5.82 Å². The highest BCUT2D eigenvalue weighted by atomic mass is 32.1. The molecular weight excluding hydrogens is 397 g/mol. The van der Waals surface area contributed by atoms with Gasteiger partial charge in [0.05, 0.1) is 21.3 Å². The minimum absolute atomic E-state index is 0.249. The van der Waals surface area contributed by atoms with E-state index < -0.39 is 0 Å². The lowest BCUT2D eigenvalue weighted by Crippen LogP contribution is -2.26. The van der Waals surface area contributed by atoms with E-state index in [4.69, 9.17) is 9.97 Å². The first-order valence-electron chi connectivity index (χ1n) is 10.8. The van der Waals surface area contributed by atoms with Crippen LogP contribution >= 0.6 is 11.3 Å². The topological polar surface area (TPSA) is 62.7 Å². The predicted octanol–water partition coefficient (Wildman–Crippen LogP) is 5.23. The maximum atomic E-state index is 14.0. The second-order valence-corrected chi connectivity index (χ2v) is 9.19. The molecular formula is C23H26FN5S. The second-order valence-electron chi connectivity index (χ2n) is 8.16. The van der Waals surface area contributed by atoms with Crippen LogP contribution in [0.2, 0.25) is 0 Å². The number of benzene rings is 1. The third kappa shape index (κ3) is 4.23. The Labute approximate surface area is 180 Å². The summed E-state index contributed by atoms with van der Waals surface area (Å²) < 4.78 is 14.0. The Morgan fingerprint density at radius 2 is 1.87 bits per heavy atom. The molecule has 3 heterocycles. The molecule has 5 rings (SSSR count). The van der Waals surface area contributed by atoms with Crippen molar-refractivity contribution in [3.63, 3.8) is 0 Å². The quantitative estimate of drug-likeness (QED) is 0.588. The largest absolute Gasteiger partial charge is 0.351 e. The molecule has 2 aromatic heterocycles. The van der Waals surface area contributed by atoms with Crippen molar-refractivity contribution in [3.05, 3.63) is 47.4 Å². The maximum Gasteiger partial charge on any atom is 0.223 e. The minimum Gasteiger partial charge on any atom is -0.351 e. The zero-order valence-electron chi connectivity index (χ0n) is 16.9. The van der Waals surface area contributed by atoms with E-state index in [-0.39, 0.29) is 5.82 Å². The van der Waals surface area contributed by atoms with E-state index in [9.17, 15) is 4.39 Å². The Kier molecular flexibility index (Phi) is 5.73. The van der Waals surface area contributed by atoms with Crippen molar-refractivity contribution in [3.8, 4) is 21.8 Å². The van der Waals surface area contributed by atoms with Crippen LogP contribution in [0.5, 0.6) is 0 Å². The van der Waals surface area contributed by atoms with Crippen LogP contribution in [0.3, 0.4) is 0 Å². The zero-order valence-corrected chi connectivity index (χ0v) is 17.7. The fourth-order valence-corrected chi connectivity index (χ4v) is 5.62. The predicted molar refractivity (Wildman–Crippen MR) is 119 cm³/mol. The fraction of sp³-hybridized carbons (Fsp3) is 0.435. The van der Waals surface area contributed by atoms with E-state index >= 15 is 0 Å². The molecule has 0 spiro atoms. The van der Waals surface area contributed by atoms with Crippen molar-refractivity contribution in [1.29, 1.82) is 0 Å². The molecule has 0 radical (unpaired) electrons. The number of thiazole rings is 1. The highest BCUT2D eigenvalue weighted by Gasteiger charge is 2.24. The maximum absolute atomic E-state index is 14.0. The Morgan fingerprint density at radius 1 is 1.03 bits per heavy atom. The van der Waals surface area contributed by atoms with E-state index in [0.717, 1.165) is 52.8 Å². The highest BCUT2D eigenvalue weighted by molar-refractivity contribution is 7.15. The van der Waals surface area contributed by atoms with Crippen molar-refractivity contribution in [2.75, 3.05) is 18.4 Å². The van der Waals surface area contributed by atoms with Gasteiger partial charge in [-0.05, 0) is 57.0 Å².